The molecule has 2 aliphatic rings. The molecule has 0 aromatic heterocycles. The Hall–Kier alpha value is -2.87. The normalized spacial score (nSPS) is 20.6. The molecule has 0 atom stereocenters. The second-order valence-electron chi connectivity index (χ2n) is 9.06. The first-order valence-electron chi connectivity index (χ1n) is 11.9. The molecule has 4 nitrogen and oxygen atoms in total. The molecule has 0 bridgehead atoms. The molecular weight excluding hydrogens is 455 g/mol. The van der Waals surface area contributed by atoms with E-state index in [1.165, 1.54) is 23.3 Å². The largest absolute Gasteiger partial charge is 0.488 e. The zero-order valence-electron chi connectivity index (χ0n) is 19.6. The van der Waals surface area contributed by atoms with Gasteiger partial charge in [0.05, 0.1) is 5.56 Å². The Balaban J connectivity index is 1.20. The molecule has 0 amide bonds. The van der Waals surface area contributed by atoms with Gasteiger partial charge < -0.3 is 14.2 Å². The minimum absolute atomic E-state index is 0.155. The van der Waals surface area contributed by atoms with Crippen LogP contribution in [0.3, 0.4) is 0 Å². The average molecular weight is 484 g/mol. The van der Waals surface area contributed by atoms with E-state index in [1.54, 1.807) is 0 Å². The van der Waals surface area contributed by atoms with Crippen molar-refractivity contribution in [3.63, 3.8) is 0 Å². The minimum Gasteiger partial charge on any atom is -0.488 e. The van der Waals surface area contributed by atoms with Crippen molar-refractivity contribution < 1.29 is 27.4 Å². The molecule has 0 spiro atoms. The van der Waals surface area contributed by atoms with E-state index in [9.17, 15) is 13.2 Å². The molecule has 2 heterocycles. The highest BCUT2D eigenvalue weighted by molar-refractivity contribution is 5.64. The van der Waals surface area contributed by atoms with Crippen LogP contribution < -0.4 is 4.74 Å². The van der Waals surface area contributed by atoms with Gasteiger partial charge in [-0.2, -0.15) is 13.2 Å². The maximum Gasteiger partial charge on any atom is 0.416 e. The molecule has 1 saturated heterocycles. The summed E-state index contributed by atoms with van der Waals surface area (Å²) in [6.45, 7) is 4.90. The van der Waals surface area contributed by atoms with Crippen molar-refractivity contribution in [2.75, 3.05) is 19.7 Å². The molecule has 0 N–H and O–H groups in total. The molecular formula is C28H28F3NO3. The van der Waals surface area contributed by atoms with Crippen LogP contribution in [-0.2, 0) is 35.0 Å². The Labute approximate surface area is 203 Å². The number of alkyl halides is 3. The van der Waals surface area contributed by atoms with Gasteiger partial charge in [0, 0.05) is 19.6 Å². The first-order valence-corrected chi connectivity index (χ1v) is 11.9. The molecule has 3 aromatic carbocycles. The molecule has 0 saturated carbocycles. The van der Waals surface area contributed by atoms with E-state index in [-0.39, 0.29) is 12.6 Å². The van der Waals surface area contributed by atoms with E-state index in [2.05, 4.69) is 29.2 Å². The maximum absolute atomic E-state index is 12.9. The number of nitrogens with zero attached hydrogens (tertiary/aromatic N) is 1. The highest BCUT2D eigenvalue weighted by atomic mass is 19.4. The lowest BCUT2D eigenvalue weighted by atomic mass is 10.0. The highest BCUT2D eigenvalue weighted by Gasteiger charge is 2.30. The number of hydrogen-bond acceptors (Lipinski definition) is 4. The summed E-state index contributed by atoms with van der Waals surface area (Å²) in [5.74, 6) is 0.827. The van der Waals surface area contributed by atoms with Gasteiger partial charge in [-0.05, 0) is 77.9 Å². The Morgan fingerprint density at radius 1 is 0.886 bits per heavy atom. The van der Waals surface area contributed by atoms with Gasteiger partial charge in [0.25, 0.3) is 0 Å². The zero-order valence-corrected chi connectivity index (χ0v) is 19.6. The second-order valence-corrected chi connectivity index (χ2v) is 9.06. The van der Waals surface area contributed by atoms with Crippen LogP contribution in [0.2, 0.25) is 0 Å². The van der Waals surface area contributed by atoms with Crippen LogP contribution in [0.25, 0.3) is 11.1 Å². The summed E-state index contributed by atoms with van der Waals surface area (Å²) in [5.41, 5.74) is 4.85. The summed E-state index contributed by atoms with van der Waals surface area (Å²) in [6.07, 6.45) is -2.88. The van der Waals surface area contributed by atoms with Gasteiger partial charge in [0.2, 0.25) is 0 Å². The quantitative estimate of drug-likeness (QED) is 0.426. The van der Waals surface area contributed by atoms with Crippen molar-refractivity contribution in [1.82, 2.24) is 4.90 Å². The van der Waals surface area contributed by atoms with Crippen LogP contribution in [0.1, 0.15) is 29.2 Å². The molecule has 3 aromatic rings. The fraction of sp³-hybridized carbons (Fsp3) is 0.357. The third-order valence-corrected chi connectivity index (χ3v) is 6.52. The van der Waals surface area contributed by atoms with E-state index >= 15 is 0 Å². The third-order valence-electron chi connectivity index (χ3n) is 6.52. The Morgan fingerprint density at radius 2 is 1.63 bits per heavy atom. The number of halogens is 3. The number of benzene rings is 3. The fourth-order valence-electron chi connectivity index (χ4n) is 4.64. The van der Waals surface area contributed by atoms with Crippen molar-refractivity contribution in [3.8, 4) is 16.9 Å². The van der Waals surface area contributed by atoms with Crippen molar-refractivity contribution in [1.29, 1.82) is 0 Å². The third kappa shape index (κ3) is 5.86. The summed E-state index contributed by atoms with van der Waals surface area (Å²) >= 11 is 0. The second kappa shape index (κ2) is 10.0. The Morgan fingerprint density at radius 3 is 2.34 bits per heavy atom. The first-order chi connectivity index (χ1) is 16.8. The maximum atomic E-state index is 12.9. The zero-order chi connectivity index (χ0) is 24.4. The molecule has 1 fully saturated rings. The van der Waals surface area contributed by atoms with Crippen LogP contribution in [0, 0.1) is 0 Å². The Kier molecular flexibility index (Phi) is 6.82. The molecule has 5 rings (SSSR count). The average Bonchev–Trinajstić information content (AvgIpc) is 3.03. The van der Waals surface area contributed by atoms with E-state index in [1.807, 2.05) is 25.1 Å². The molecule has 0 aliphatic carbocycles. The highest BCUT2D eigenvalue weighted by Crippen LogP contribution is 2.31. The predicted molar refractivity (Wildman–Crippen MR) is 127 cm³/mol. The lowest BCUT2D eigenvalue weighted by Gasteiger charge is -2.33. The predicted octanol–water partition coefficient (Wildman–Crippen LogP) is 6.07. The first kappa shape index (κ1) is 23.9. The van der Waals surface area contributed by atoms with Crippen molar-refractivity contribution in [2.45, 2.75) is 45.1 Å². The molecule has 0 unspecified atom stereocenters. The summed E-state index contributed by atoms with van der Waals surface area (Å²) < 4.78 is 55.3. The summed E-state index contributed by atoms with van der Waals surface area (Å²) in [4.78, 5) is 2.42. The lowest BCUT2D eigenvalue weighted by Crippen LogP contribution is -2.42. The summed E-state index contributed by atoms with van der Waals surface area (Å²) in [6, 6.07) is 19.7. The number of hydrogen-bond donors (Lipinski definition) is 0. The van der Waals surface area contributed by atoms with Crippen LogP contribution in [0.15, 0.2) is 66.7 Å². The van der Waals surface area contributed by atoms with E-state index in [0.29, 0.717) is 6.61 Å². The van der Waals surface area contributed by atoms with E-state index in [0.717, 1.165) is 67.0 Å². The van der Waals surface area contributed by atoms with Gasteiger partial charge >= 0.3 is 6.18 Å². The topological polar surface area (TPSA) is 30.9 Å². The SMILES string of the molecule is CC1OC(COc2ccc3c(c2)CCN(Cc2cccc(-c4ccc(C(F)(F)F)cc4)c2)CC3)O1. The number of fused-ring (bicyclic) bond motifs is 1. The van der Waals surface area contributed by atoms with Crippen LogP contribution in [0.4, 0.5) is 13.2 Å². The van der Waals surface area contributed by atoms with Gasteiger partial charge in [-0.3, -0.25) is 4.90 Å². The van der Waals surface area contributed by atoms with Gasteiger partial charge in [-0.15, -0.1) is 0 Å². The van der Waals surface area contributed by atoms with Gasteiger partial charge in [-0.1, -0.05) is 36.4 Å². The fourth-order valence-corrected chi connectivity index (χ4v) is 4.64. The van der Waals surface area contributed by atoms with Crippen molar-refractivity contribution in [3.05, 3.63) is 89.0 Å². The lowest BCUT2D eigenvalue weighted by molar-refractivity contribution is -0.380. The molecule has 2 aliphatic heterocycles. The summed E-state index contributed by atoms with van der Waals surface area (Å²) in [7, 11) is 0. The summed E-state index contributed by atoms with van der Waals surface area (Å²) in [5, 5.41) is 0. The monoisotopic (exact) mass is 483 g/mol. The van der Waals surface area contributed by atoms with Crippen LogP contribution in [-0.4, -0.2) is 37.2 Å². The van der Waals surface area contributed by atoms with Gasteiger partial charge in [-0.25, -0.2) is 0 Å². The van der Waals surface area contributed by atoms with Crippen molar-refractivity contribution in [2.24, 2.45) is 0 Å². The van der Waals surface area contributed by atoms with Gasteiger partial charge in [0.15, 0.2) is 12.6 Å². The van der Waals surface area contributed by atoms with Gasteiger partial charge in [0.1, 0.15) is 12.4 Å². The molecule has 7 heteroatoms. The standard InChI is InChI=1S/C28H28F3NO3/c1-19-34-27(35-19)18-33-26-10-7-22-11-13-32(14-12-24(22)16-26)17-20-3-2-4-23(15-20)21-5-8-25(9-6-21)28(29,30)31/h2-10,15-16,19,27H,11-14,17-18H2,1H3. The minimum atomic E-state index is -4.32. The number of ether oxygens (including phenoxy) is 3. The molecule has 35 heavy (non-hydrogen) atoms. The smallest absolute Gasteiger partial charge is 0.416 e. The molecule has 184 valence electrons. The molecule has 0 radical (unpaired) electrons. The Bertz CT molecular complexity index is 1160. The number of rotatable bonds is 6. The van der Waals surface area contributed by atoms with E-state index < -0.39 is 11.7 Å². The van der Waals surface area contributed by atoms with E-state index in [4.69, 9.17) is 14.2 Å². The van der Waals surface area contributed by atoms with Crippen molar-refractivity contribution >= 4 is 0 Å². The van der Waals surface area contributed by atoms with Crippen LogP contribution >= 0.6 is 0 Å². The van der Waals surface area contributed by atoms with Crippen LogP contribution in [0.5, 0.6) is 5.75 Å².